The number of ether oxygens (including phenoxy) is 10. The van der Waals surface area contributed by atoms with E-state index in [0.29, 0.717) is 0 Å². The van der Waals surface area contributed by atoms with Crippen molar-refractivity contribution < 1.29 is 134 Å². The van der Waals surface area contributed by atoms with Crippen molar-refractivity contribution in [2.75, 3.05) is 33.0 Å². The molecule has 0 aliphatic carbocycles. The number of nitro groups is 1. The average Bonchev–Trinajstić information content (AvgIpc) is 3.30. The molecule has 372 valence electrons. The van der Waals surface area contributed by atoms with Gasteiger partial charge in [-0.25, -0.2) is 0 Å². The molecule has 0 radical (unpaired) electrons. The molecule has 5 fully saturated rings. The van der Waals surface area contributed by atoms with Gasteiger partial charge in [-0.15, -0.1) is 0 Å². The molecule has 1 aromatic carbocycles. The van der Waals surface area contributed by atoms with Crippen molar-refractivity contribution in [1.29, 1.82) is 0 Å². The summed E-state index contributed by atoms with van der Waals surface area (Å²) in [7, 11) is 0. The van der Waals surface area contributed by atoms with Crippen LogP contribution in [0.4, 0.5) is 5.69 Å². The first-order valence-electron chi connectivity index (χ1n) is 20.2. The van der Waals surface area contributed by atoms with E-state index in [1.807, 2.05) is 0 Å². The maximum absolute atomic E-state index is 11.2. The number of aliphatic hydroxyl groups is 16. The monoisotopic (exact) mass is 949 g/mol. The third kappa shape index (κ3) is 10.8. The fraction of sp³-hybridized carbons (Fsp3) is 0.833. The minimum absolute atomic E-state index is 0.0196. The summed E-state index contributed by atoms with van der Waals surface area (Å²) in [6, 6.07) is 4.59. The molecule has 1 aromatic rings. The first-order chi connectivity index (χ1) is 30.9. The van der Waals surface area contributed by atoms with Crippen LogP contribution in [0, 0.1) is 10.1 Å². The molecule has 5 aliphatic heterocycles. The van der Waals surface area contributed by atoms with E-state index in [2.05, 4.69) is 0 Å². The van der Waals surface area contributed by atoms with Gasteiger partial charge in [-0.3, -0.25) is 10.1 Å². The zero-order valence-corrected chi connectivity index (χ0v) is 33.8. The molecule has 0 spiro atoms. The van der Waals surface area contributed by atoms with Gasteiger partial charge >= 0.3 is 0 Å². The molecule has 5 saturated heterocycles. The molecular weight excluding hydrogens is 894 g/mol. The van der Waals surface area contributed by atoms with Gasteiger partial charge in [-0.2, -0.15) is 0 Å². The van der Waals surface area contributed by atoms with E-state index < -0.39 is 191 Å². The summed E-state index contributed by atoms with van der Waals surface area (Å²) in [6.45, 7) is -4.63. The summed E-state index contributed by atoms with van der Waals surface area (Å²) < 4.78 is 55.6. The Morgan fingerprint density at radius 3 is 0.985 bits per heavy atom. The van der Waals surface area contributed by atoms with Crippen LogP contribution in [-0.4, -0.2) is 273 Å². The van der Waals surface area contributed by atoms with Gasteiger partial charge in [0.25, 0.3) is 5.69 Å². The summed E-state index contributed by atoms with van der Waals surface area (Å²) in [4.78, 5) is 10.3. The van der Waals surface area contributed by atoms with Crippen LogP contribution in [0.1, 0.15) is 0 Å². The van der Waals surface area contributed by atoms with Gasteiger partial charge in [0, 0.05) is 12.1 Å². The van der Waals surface area contributed by atoms with Crippen molar-refractivity contribution in [2.24, 2.45) is 0 Å². The first kappa shape index (κ1) is 51.8. The highest BCUT2D eigenvalue weighted by atomic mass is 16.8. The third-order valence-corrected chi connectivity index (χ3v) is 11.6. The highest BCUT2D eigenvalue weighted by Gasteiger charge is 2.56. The number of hydrogen-bond donors (Lipinski definition) is 16. The zero-order valence-electron chi connectivity index (χ0n) is 33.8. The molecule has 6 rings (SSSR count). The number of nitro benzene ring substituents is 1. The van der Waals surface area contributed by atoms with Crippen LogP contribution in [0.2, 0.25) is 0 Å². The second-order valence-corrected chi connectivity index (χ2v) is 15.8. The van der Waals surface area contributed by atoms with Crippen LogP contribution in [0.25, 0.3) is 0 Å². The molecule has 0 unspecified atom stereocenters. The largest absolute Gasteiger partial charge is 0.462 e. The SMILES string of the molecule is O=[N+]([O-])c1ccc(O[C@@H]2O[C@H](CO)[C@@H](O[C@@H]3O[C@H](CO)[C@@H](O[C@@H]4O[C@H](CO)[C@H](O[C@@H]5O[C@H](CO)[C@@H](O[C@@H]6O[C@H](CO)[C@@H](O)[C@H](O)[C@H]6O)[C@H](O)[C@H]5O)[C@H](O)[C@H]4O)[C@H](O)[C@H]3O)[C@H](O)[C@H]2O)cc1. The molecular formula is C36H55NO28. The third-order valence-electron chi connectivity index (χ3n) is 11.6. The van der Waals surface area contributed by atoms with E-state index in [-0.39, 0.29) is 11.4 Å². The lowest BCUT2D eigenvalue weighted by Gasteiger charge is -2.49. The number of non-ortho nitro benzene ring substituents is 1. The number of hydrogen-bond acceptors (Lipinski definition) is 28. The molecule has 5 aliphatic rings. The Labute approximate surface area is 366 Å². The molecule has 29 heteroatoms. The summed E-state index contributed by atoms with van der Waals surface area (Å²) >= 11 is 0. The maximum Gasteiger partial charge on any atom is 0.269 e. The van der Waals surface area contributed by atoms with Crippen molar-refractivity contribution in [3.63, 3.8) is 0 Å². The topological polar surface area (TPSA) is 459 Å². The van der Waals surface area contributed by atoms with E-state index in [4.69, 9.17) is 47.4 Å². The lowest BCUT2D eigenvalue weighted by atomic mass is 9.95. The van der Waals surface area contributed by atoms with Crippen LogP contribution >= 0.6 is 0 Å². The molecule has 16 N–H and O–H groups in total. The second kappa shape index (κ2) is 22.2. The molecule has 29 nitrogen and oxygen atoms in total. The van der Waals surface area contributed by atoms with Gasteiger partial charge in [0.2, 0.25) is 6.29 Å². The van der Waals surface area contributed by atoms with Crippen molar-refractivity contribution in [3.05, 3.63) is 34.4 Å². The highest BCUT2D eigenvalue weighted by Crippen LogP contribution is 2.36. The Kier molecular flexibility index (Phi) is 17.7. The molecule has 5 heterocycles. The summed E-state index contributed by atoms with van der Waals surface area (Å²) in [5, 5.41) is 180. The van der Waals surface area contributed by atoms with E-state index in [0.717, 1.165) is 12.1 Å². The number of aliphatic hydroxyl groups excluding tert-OH is 16. The normalized spacial score (nSPS) is 47.3. The van der Waals surface area contributed by atoms with Crippen LogP contribution in [0.3, 0.4) is 0 Å². The Morgan fingerprint density at radius 1 is 0.400 bits per heavy atom. The predicted octanol–water partition coefficient (Wildman–Crippen LogP) is -9.93. The molecule has 25 atom stereocenters. The summed E-state index contributed by atoms with van der Waals surface area (Å²) in [5.74, 6) is -0.0196. The van der Waals surface area contributed by atoms with Crippen molar-refractivity contribution in [2.45, 2.75) is 154 Å². The predicted molar refractivity (Wildman–Crippen MR) is 198 cm³/mol. The maximum atomic E-state index is 11.2. The highest BCUT2D eigenvalue weighted by molar-refractivity contribution is 5.36. The number of nitrogens with zero attached hydrogens (tertiary/aromatic N) is 1. The fourth-order valence-electron chi connectivity index (χ4n) is 7.90. The number of rotatable bonds is 16. The average molecular weight is 950 g/mol. The van der Waals surface area contributed by atoms with Gasteiger partial charge in [0.05, 0.1) is 38.0 Å². The molecule has 65 heavy (non-hydrogen) atoms. The van der Waals surface area contributed by atoms with Crippen molar-refractivity contribution in [1.82, 2.24) is 0 Å². The Hall–Kier alpha value is -2.58. The molecule has 0 bridgehead atoms. The molecule has 0 aromatic heterocycles. The van der Waals surface area contributed by atoms with Crippen molar-refractivity contribution >= 4 is 5.69 Å². The minimum atomic E-state index is -2.15. The quantitative estimate of drug-likeness (QED) is 0.0540. The standard InChI is InChI=1S/C36H55NO28/c38-5-12-17(43)18(44)23(49)33(57-12)62-29-14(7-40)59-35(25(51)20(29)46)64-31-16(9-42)61-36(27(53)22(31)48)65-30-15(8-41)60-34(26(52)21(30)47)63-28-13(6-39)58-32(24(50)19(28)45)56-11-3-1-10(2-4-11)37(54)55/h1-4,12-36,38-53H,5-9H2/t12-,13-,14-,15-,16-,17-,18+,19-,20-,21-,22-,23-,24-,25-,26-,27-,28-,29-,30-,31+,32-,33+,34+,35+,36+/m1/s1. The molecule has 0 amide bonds. The lowest BCUT2D eigenvalue weighted by molar-refractivity contribution is -0.392. The van der Waals surface area contributed by atoms with Crippen LogP contribution in [-0.2, 0) is 42.6 Å². The minimum Gasteiger partial charge on any atom is -0.462 e. The van der Waals surface area contributed by atoms with E-state index in [1.165, 1.54) is 12.1 Å². The van der Waals surface area contributed by atoms with Gasteiger partial charge < -0.3 is 129 Å². The first-order valence-corrected chi connectivity index (χ1v) is 20.2. The van der Waals surface area contributed by atoms with E-state index in [1.54, 1.807) is 0 Å². The van der Waals surface area contributed by atoms with E-state index in [9.17, 15) is 91.8 Å². The second-order valence-electron chi connectivity index (χ2n) is 15.8. The molecule has 0 saturated carbocycles. The van der Waals surface area contributed by atoms with Crippen molar-refractivity contribution in [3.8, 4) is 5.75 Å². The smallest absolute Gasteiger partial charge is 0.269 e. The Morgan fingerprint density at radius 2 is 0.677 bits per heavy atom. The van der Waals surface area contributed by atoms with Crippen LogP contribution < -0.4 is 4.74 Å². The number of benzene rings is 1. The summed E-state index contributed by atoms with van der Waals surface area (Å²) in [5.41, 5.74) is -0.267. The fourth-order valence-corrected chi connectivity index (χ4v) is 7.90. The van der Waals surface area contributed by atoms with Gasteiger partial charge in [0.1, 0.15) is 128 Å². The van der Waals surface area contributed by atoms with Crippen LogP contribution in [0.15, 0.2) is 24.3 Å². The summed E-state index contributed by atoms with van der Waals surface area (Å²) in [6.07, 6.45) is -46.2. The van der Waals surface area contributed by atoms with Crippen LogP contribution in [0.5, 0.6) is 5.75 Å². The zero-order chi connectivity index (χ0) is 47.6. The lowest BCUT2D eigenvalue weighted by Crippen LogP contribution is -2.68. The Balaban J connectivity index is 1.07. The van der Waals surface area contributed by atoms with Gasteiger partial charge in [0.15, 0.2) is 25.2 Å². The van der Waals surface area contributed by atoms with E-state index >= 15 is 0 Å². The Bertz CT molecular complexity index is 1640. The van der Waals surface area contributed by atoms with Gasteiger partial charge in [-0.1, -0.05) is 0 Å². The van der Waals surface area contributed by atoms with Gasteiger partial charge in [-0.05, 0) is 12.1 Å².